The van der Waals surface area contributed by atoms with Crippen molar-refractivity contribution >= 4 is 45.8 Å². The van der Waals surface area contributed by atoms with E-state index in [0.717, 1.165) is 61.9 Å². The van der Waals surface area contributed by atoms with Gasteiger partial charge in [0.2, 0.25) is 11.8 Å². The minimum atomic E-state index is -0.756. The second-order valence-electron chi connectivity index (χ2n) is 17.1. The van der Waals surface area contributed by atoms with Crippen LogP contribution in [0.4, 0.5) is 9.59 Å². The third-order valence-electron chi connectivity index (χ3n) is 12.2. The number of nitrogens with one attached hydrogen (secondary N) is 4. The van der Waals surface area contributed by atoms with Gasteiger partial charge in [0.15, 0.2) is 0 Å². The molecule has 330 valence electrons. The van der Waals surface area contributed by atoms with Gasteiger partial charge in [-0.1, -0.05) is 52.8 Å². The molecule has 0 unspecified atom stereocenters. The van der Waals surface area contributed by atoms with Gasteiger partial charge in [0.05, 0.1) is 56.3 Å². The molecule has 16 heteroatoms. The first-order valence-electron chi connectivity index (χ1n) is 21.3. The number of likely N-dealkylation sites (tertiary alicyclic amines) is 1. The topological polar surface area (TPSA) is 193 Å². The average Bonchev–Trinajstić information content (AvgIpc) is 4.04. The normalized spacial score (nSPS) is 17.3. The first kappa shape index (κ1) is 43.9. The predicted molar refractivity (Wildman–Crippen MR) is 234 cm³/mol. The zero-order valence-electron chi connectivity index (χ0n) is 37.0. The minimum Gasteiger partial charge on any atom is -0.488 e. The number of aromatic amines is 2. The quantitative estimate of drug-likeness (QED) is 0.0897. The number of alkyl carbamates (subject to hydrolysis) is 2. The molecule has 1 fully saturated rings. The van der Waals surface area contributed by atoms with Crippen molar-refractivity contribution < 1.29 is 38.1 Å². The summed E-state index contributed by atoms with van der Waals surface area (Å²) in [7, 11) is 4.22. The first-order valence-corrected chi connectivity index (χ1v) is 21.3. The van der Waals surface area contributed by atoms with Crippen molar-refractivity contribution in [3.63, 3.8) is 0 Å². The van der Waals surface area contributed by atoms with Crippen LogP contribution in [0.3, 0.4) is 0 Å². The van der Waals surface area contributed by atoms with Crippen molar-refractivity contribution in [3.8, 4) is 28.1 Å². The fraction of sp³-hybridized carbons (Fsp3) is 0.478. The van der Waals surface area contributed by atoms with E-state index in [2.05, 4.69) is 50.9 Å². The zero-order chi connectivity index (χ0) is 44.4. The van der Waals surface area contributed by atoms with Gasteiger partial charge in [0.25, 0.3) is 0 Å². The van der Waals surface area contributed by atoms with Gasteiger partial charge in [-0.25, -0.2) is 19.6 Å². The van der Waals surface area contributed by atoms with Crippen molar-refractivity contribution in [1.82, 2.24) is 40.4 Å². The molecule has 0 spiro atoms. The number of ether oxygens (including phenoxy) is 4. The van der Waals surface area contributed by atoms with Gasteiger partial charge in [-0.15, -0.1) is 0 Å². The molecule has 7 rings (SSSR count). The van der Waals surface area contributed by atoms with Crippen LogP contribution < -0.4 is 15.4 Å². The van der Waals surface area contributed by atoms with Crippen LogP contribution in [0.15, 0.2) is 48.7 Å². The monoisotopic (exact) mass is 850 g/mol. The summed E-state index contributed by atoms with van der Waals surface area (Å²) in [6.45, 7) is 13.2. The highest BCUT2D eigenvalue weighted by Gasteiger charge is 2.41. The van der Waals surface area contributed by atoms with E-state index in [1.807, 2.05) is 53.7 Å². The lowest BCUT2D eigenvalue weighted by molar-refractivity contribution is -0.137. The maximum absolute atomic E-state index is 14.0. The number of amides is 4. The summed E-state index contributed by atoms with van der Waals surface area (Å²) in [4.78, 5) is 72.4. The molecular weight excluding hydrogens is 793 g/mol. The number of nitrogens with zero attached hydrogens (tertiary/aromatic N) is 4. The SMILES string of the molecule is CC[C@H](C)N(Cc1nc2c(ccc3cc4c(cc32)OCc2cc(-c3cnc([C@@H]5C[C@H](COC)CN5C(=O)[C@@H](NC(=O)OC)C(C)C)[nH]3)ccc2-4)[nH]1)C(=O)[C@@H](NC(=O)OC)C(C)C. The van der Waals surface area contributed by atoms with Gasteiger partial charge in [-0.05, 0) is 77.9 Å². The van der Waals surface area contributed by atoms with Crippen LogP contribution in [-0.2, 0) is 37.0 Å². The largest absolute Gasteiger partial charge is 0.488 e. The fourth-order valence-corrected chi connectivity index (χ4v) is 8.60. The van der Waals surface area contributed by atoms with Crippen molar-refractivity contribution in [3.05, 3.63) is 65.9 Å². The minimum absolute atomic E-state index is 0.104. The van der Waals surface area contributed by atoms with Gasteiger partial charge in [0, 0.05) is 36.6 Å². The molecule has 4 heterocycles. The van der Waals surface area contributed by atoms with Gasteiger partial charge in [0.1, 0.15) is 36.1 Å². The number of hydrogen-bond acceptors (Lipinski definition) is 10. The number of rotatable bonds is 14. The second-order valence-corrected chi connectivity index (χ2v) is 17.1. The van der Waals surface area contributed by atoms with Crippen LogP contribution in [0.1, 0.15) is 77.6 Å². The van der Waals surface area contributed by atoms with Crippen molar-refractivity contribution in [2.45, 2.75) is 91.7 Å². The summed E-state index contributed by atoms with van der Waals surface area (Å²) in [6, 6.07) is 12.6. The zero-order valence-corrected chi connectivity index (χ0v) is 37.0. The maximum atomic E-state index is 14.0. The highest BCUT2D eigenvalue weighted by molar-refractivity contribution is 6.07. The Bertz CT molecular complexity index is 2460. The molecule has 3 aromatic carbocycles. The Labute approximate surface area is 361 Å². The third-order valence-corrected chi connectivity index (χ3v) is 12.2. The van der Waals surface area contributed by atoms with Crippen LogP contribution in [0.25, 0.3) is 44.2 Å². The molecule has 2 aliphatic heterocycles. The molecule has 2 aromatic heterocycles. The van der Waals surface area contributed by atoms with Gasteiger partial charge >= 0.3 is 12.2 Å². The molecule has 0 aliphatic carbocycles. The van der Waals surface area contributed by atoms with Gasteiger partial charge in [-0.2, -0.15) is 0 Å². The Morgan fingerprint density at radius 2 is 1.65 bits per heavy atom. The van der Waals surface area contributed by atoms with Crippen LogP contribution in [0, 0.1) is 17.8 Å². The molecule has 2 aliphatic rings. The molecule has 5 atom stereocenters. The van der Waals surface area contributed by atoms with E-state index in [0.29, 0.717) is 37.8 Å². The highest BCUT2D eigenvalue weighted by atomic mass is 16.5. The van der Waals surface area contributed by atoms with Crippen molar-refractivity contribution in [2.75, 3.05) is 34.5 Å². The second kappa shape index (κ2) is 18.4. The number of hydrogen-bond donors (Lipinski definition) is 4. The number of carbonyl (C=O) groups is 4. The number of fused-ring (bicyclic) bond motifs is 6. The molecule has 4 amide bonds. The Morgan fingerprint density at radius 3 is 2.32 bits per heavy atom. The lowest BCUT2D eigenvalue weighted by atomic mass is 9.92. The molecule has 0 bridgehead atoms. The summed E-state index contributed by atoms with van der Waals surface area (Å²) in [5.74, 6) is 1.46. The Kier molecular flexibility index (Phi) is 13.1. The standard InChI is InChI=1S/C46H58N8O8/c1-10-26(6)53(43(55)39(24(2)3)51-45(57)60-8)21-38-48-34-14-12-28-17-33-31-13-11-29(16-30(31)23-62-37(33)18-32(28)41(34)50-38)35-19-47-42(49-35)36-15-27(22-59-7)20-54(36)44(56)40(25(4)5)52-46(58)61-9/h11-14,16-19,24-27,36,39-40H,10,15,20-23H2,1-9H3,(H,47,49)(H,48,50)(H,51,57)(H,52,58)/t26-,27-,36-,39-,40-/m0/s1. The van der Waals surface area contributed by atoms with Crippen LogP contribution in [0.2, 0.25) is 0 Å². The summed E-state index contributed by atoms with van der Waals surface area (Å²) in [5, 5.41) is 7.35. The number of methoxy groups -OCH3 is 3. The summed E-state index contributed by atoms with van der Waals surface area (Å²) >= 11 is 0. The summed E-state index contributed by atoms with van der Waals surface area (Å²) < 4.78 is 21.5. The van der Waals surface area contributed by atoms with E-state index in [-0.39, 0.29) is 48.2 Å². The number of H-pyrrole nitrogens is 2. The van der Waals surface area contributed by atoms with Gasteiger partial charge < -0.3 is 49.3 Å². The lowest BCUT2D eigenvalue weighted by Crippen LogP contribution is -2.53. The lowest BCUT2D eigenvalue weighted by Gasteiger charge is -2.33. The molecule has 16 nitrogen and oxygen atoms in total. The molecule has 1 saturated heterocycles. The molecule has 62 heavy (non-hydrogen) atoms. The molecule has 5 aromatic rings. The van der Waals surface area contributed by atoms with E-state index in [1.165, 1.54) is 14.2 Å². The Hall–Kier alpha value is -6.16. The summed E-state index contributed by atoms with van der Waals surface area (Å²) in [5.41, 5.74) is 6.43. The Balaban J connectivity index is 1.14. The molecule has 0 saturated carbocycles. The highest BCUT2D eigenvalue weighted by Crippen LogP contribution is 2.43. The van der Waals surface area contributed by atoms with E-state index in [1.54, 1.807) is 23.1 Å². The summed E-state index contributed by atoms with van der Waals surface area (Å²) in [6.07, 6.45) is 1.88. The third kappa shape index (κ3) is 8.78. The number of carbonyl (C=O) groups excluding carboxylic acids is 4. The van der Waals surface area contributed by atoms with Crippen molar-refractivity contribution in [1.29, 1.82) is 0 Å². The Morgan fingerprint density at radius 1 is 0.919 bits per heavy atom. The molecule has 4 N–H and O–H groups in total. The van der Waals surface area contributed by atoms with E-state index in [4.69, 9.17) is 28.9 Å². The number of aromatic nitrogens is 4. The predicted octanol–water partition coefficient (Wildman–Crippen LogP) is 7.09. The van der Waals surface area contributed by atoms with Crippen LogP contribution in [-0.4, -0.2) is 106 Å². The van der Waals surface area contributed by atoms with Crippen LogP contribution >= 0.6 is 0 Å². The first-order chi connectivity index (χ1) is 29.7. The van der Waals surface area contributed by atoms with E-state index >= 15 is 0 Å². The van der Waals surface area contributed by atoms with Crippen LogP contribution in [0.5, 0.6) is 5.75 Å². The van der Waals surface area contributed by atoms with E-state index in [9.17, 15) is 19.2 Å². The number of imidazole rings is 2. The maximum Gasteiger partial charge on any atom is 0.407 e. The van der Waals surface area contributed by atoms with Crippen molar-refractivity contribution in [2.24, 2.45) is 17.8 Å². The number of benzene rings is 3. The molecular formula is C46H58N8O8. The average molecular weight is 851 g/mol. The van der Waals surface area contributed by atoms with Gasteiger partial charge in [-0.3, -0.25) is 9.59 Å². The smallest absolute Gasteiger partial charge is 0.407 e. The molecule has 0 radical (unpaired) electrons. The fourth-order valence-electron chi connectivity index (χ4n) is 8.60. The van der Waals surface area contributed by atoms with E-state index < -0.39 is 24.3 Å².